The van der Waals surface area contributed by atoms with Crippen molar-refractivity contribution in [3.63, 3.8) is 0 Å². The van der Waals surface area contributed by atoms with Crippen LogP contribution in [0.5, 0.6) is 0 Å². The molecule has 0 saturated heterocycles. The zero-order valence-corrected chi connectivity index (χ0v) is 10.1. The summed E-state index contributed by atoms with van der Waals surface area (Å²) >= 11 is 1.24. The van der Waals surface area contributed by atoms with Crippen molar-refractivity contribution < 1.29 is 4.92 Å². The molecule has 0 saturated carbocycles. The predicted octanol–water partition coefficient (Wildman–Crippen LogP) is 1.75. The van der Waals surface area contributed by atoms with Gasteiger partial charge in [0, 0.05) is 25.5 Å². The highest BCUT2D eigenvalue weighted by molar-refractivity contribution is 7.99. The Morgan fingerprint density at radius 1 is 1.56 bits per heavy atom. The topological polar surface area (TPSA) is 97.6 Å². The summed E-state index contributed by atoms with van der Waals surface area (Å²) in [7, 11) is 1.83. The quantitative estimate of drug-likeness (QED) is 0.616. The molecule has 8 heteroatoms. The molecular weight excluding hydrogens is 254 g/mol. The highest BCUT2D eigenvalue weighted by Gasteiger charge is 2.16. The molecule has 7 nitrogen and oxygen atoms in total. The van der Waals surface area contributed by atoms with E-state index in [1.165, 1.54) is 23.9 Å². The van der Waals surface area contributed by atoms with Crippen molar-refractivity contribution in [2.45, 2.75) is 10.2 Å². The van der Waals surface area contributed by atoms with Crippen molar-refractivity contribution in [2.75, 3.05) is 0 Å². The number of nitriles is 1. The fraction of sp³-hybridized carbons (Fsp3) is 0.100. The summed E-state index contributed by atoms with van der Waals surface area (Å²) in [6.07, 6.45) is 3.41. The molecule has 0 fully saturated rings. The number of aryl methyl sites for hydroxylation is 1. The zero-order valence-electron chi connectivity index (χ0n) is 9.27. The summed E-state index contributed by atoms with van der Waals surface area (Å²) in [5.41, 5.74) is -0.485. The lowest BCUT2D eigenvalue weighted by Crippen LogP contribution is -1.96. The molecule has 0 unspecified atom stereocenters. The first kappa shape index (κ1) is 12.1. The second-order valence-electron chi connectivity index (χ2n) is 3.31. The van der Waals surface area contributed by atoms with Crippen LogP contribution in [0.3, 0.4) is 0 Å². The highest BCUT2D eigenvalue weighted by Crippen LogP contribution is 2.26. The number of nitro groups is 1. The van der Waals surface area contributed by atoms with Crippen molar-refractivity contribution in [2.24, 2.45) is 7.05 Å². The van der Waals surface area contributed by atoms with Crippen molar-refractivity contribution in [3.05, 3.63) is 40.3 Å². The second kappa shape index (κ2) is 4.85. The molecule has 90 valence electrons. The summed E-state index contributed by atoms with van der Waals surface area (Å²) in [6, 6.07) is 4.49. The van der Waals surface area contributed by atoms with Crippen LogP contribution in [0, 0.1) is 21.4 Å². The normalized spacial score (nSPS) is 10.0. The van der Waals surface area contributed by atoms with Crippen LogP contribution in [0.15, 0.2) is 34.7 Å². The van der Waals surface area contributed by atoms with Gasteiger partial charge in [-0.3, -0.25) is 10.1 Å². The van der Waals surface area contributed by atoms with Gasteiger partial charge in [-0.05, 0) is 17.8 Å². The minimum Gasteiger partial charge on any atom is -0.329 e. The summed E-state index contributed by atoms with van der Waals surface area (Å²) < 4.78 is 1.79. The molecule has 0 bridgehead atoms. The fourth-order valence-electron chi connectivity index (χ4n) is 1.26. The monoisotopic (exact) mass is 261 g/mol. The van der Waals surface area contributed by atoms with E-state index in [9.17, 15) is 10.1 Å². The molecule has 0 aliphatic rings. The first-order valence-electron chi connectivity index (χ1n) is 4.82. The molecule has 0 aromatic carbocycles. The summed E-state index contributed by atoms with van der Waals surface area (Å²) in [5.74, 6) is 0. The summed E-state index contributed by atoms with van der Waals surface area (Å²) in [6.45, 7) is 0. The van der Waals surface area contributed by atoms with Gasteiger partial charge >= 0.3 is 5.69 Å². The van der Waals surface area contributed by atoms with Gasteiger partial charge in [0.2, 0.25) is 5.69 Å². The van der Waals surface area contributed by atoms with E-state index in [1.807, 2.05) is 7.05 Å². The van der Waals surface area contributed by atoms with Crippen LogP contribution in [0.4, 0.5) is 5.69 Å². The van der Waals surface area contributed by atoms with Gasteiger partial charge in [-0.1, -0.05) is 0 Å². The number of hydrogen-bond acceptors (Lipinski definition) is 6. The van der Waals surface area contributed by atoms with Crippen LogP contribution >= 0.6 is 11.8 Å². The maximum atomic E-state index is 10.7. The first-order valence-corrected chi connectivity index (χ1v) is 5.64. The van der Waals surface area contributed by atoms with Gasteiger partial charge in [0.15, 0.2) is 5.16 Å². The summed E-state index contributed by atoms with van der Waals surface area (Å²) in [4.78, 5) is 18.1. The number of imidazole rings is 1. The second-order valence-corrected chi connectivity index (χ2v) is 4.30. The SMILES string of the molecule is Cn1ccnc1Sc1ccc([N+](=O)[O-])c(C#N)n1. The number of rotatable bonds is 3. The standard InChI is InChI=1S/C10H7N5O2S/c1-14-5-4-12-10(14)18-9-3-2-8(15(16)17)7(6-11)13-9/h2-5H,1H3. The molecule has 2 aromatic heterocycles. The third kappa shape index (κ3) is 2.31. The van der Waals surface area contributed by atoms with E-state index in [1.54, 1.807) is 23.0 Å². The average Bonchev–Trinajstić information content (AvgIpc) is 2.74. The Hall–Kier alpha value is -2.40. The highest BCUT2D eigenvalue weighted by atomic mass is 32.2. The largest absolute Gasteiger partial charge is 0.329 e. The smallest absolute Gasteiger partial charge is 0.305 e. The molecule has 0 spiro atoms. The van der Waals surface area contributed by atoms with E-state index in [-0.39, 0.29) is 11.4 Å². The number of nitrogens with zero attached hydrogens (tertiary/aromatic N) is 5. The Balaban J connectivity index is 2.34. The van der Waals surface area contributed by atoms with E-state index < -0.39 is 4.92 Å². The first-order chi connectivity index (χ1) is 8.61. The predicted molar refractivity (Wildman–Crippen MR) is 62.9 cm³/mol. The van der Waals surface area contributed by atoms with Gasteiger partial charge in [0.05, 0.1) is 4.92 Å². The van der Waals surface area contributed by atoms with E-state index in [0.717, 1.165) is 0 Å². The van der Waals surface area contributed by atoms with Crippen LogP contribution in [-0.4, -0.2) is 19.5 Å². The van der Waals surface area contributed by atoms with Crippen LogP contribution in [0.2, 0.25) is 0 Å². The third-order valence-electron chi connectivity index (χ3n) is 2.12. The summed E-state index contributed by atoms with van der Waals surface area (Å²) in [5, 5.41) is 20.7. The van der Waals surface area contributed by atoms with E-state index in [4.69, 9.17) is 5.26 Å². The third-order valence-corrected chi connectivity index (χ3v) is 3.14. The molecule has 0 aliphatic heterocycles. The Morgan fingerprint density at radius 2 is 2.33 bits per heavy atom. The Labute approximate surface area is 106 Å². The Kier molecular flexibility index (Phi) is 3.25. The van der Waals surface area contributed by atoms with Crippen molar-refractivity contribution in [3.8, 4) is 6.07 Å². The van der Waals surface area contributed by atoms with E-state index in [0.29, 0.717) is 10.2 Å². The molecule has 0 radical (unpaired) electrons. The fourth-order valence-corrected chi connectivity index (χ4v) is 2.04. The molecule has 18 heavy (non-hydrogen) atoms. The van der Waals surface area contributed by atoms with Crippen LogP contribution < -0.4 is 0 Å². The van der Waals surface area contributed by atoms with Crippen molar-refractivity contribution in [1.82, 2.24) is 14.5 Å². The molecule has 2 rings (SSSR count). The minimum atomic E-state index is -0.624. The molecule has 2 heterocycles. The van der Waals surface area contributed by atoms with Gasteiger partial charge in [-0.2, -0.15) is 5.26 Å². The van der Waals surface area contributed by atoms with E-state index >= 15 is 0 Å². The number of hydrogen-bond donors (Lipinski definition) is 0. The zero-order chi connectivity index (χ0) is 13.1. The Morgan fingerprint density at radius 3 is 2.89 bits per heavy atom. The van der Waals surface area contributed by atoms with Crippen LogP contribution in [0.1, 0.15) is 5.69 Å². The van der Waals surface area contributed by atoms with Crippen molar-refractivity contribution in [1.29, 1.82) is 5.26 Å². The van der Waals surface area contributed by atoms with Gasteiger partial charge in [-0.15, -0.1) is 0 Å². The molecule has 0 amide bonds. The minimum absolute atomic E-state index is 0.195. The Bertz CT molecular complexity index is 646. The number of pyridine rings is 1. The average molecular weight is 261 g/mol. The molecule has 2 aromatic rings. The van der Waals surface area contributed by atoms with E-state index in [2.05, 4.69) is 9.97 Å². The molecular formula is C10H7N5O2S. The lowest BCUT2D eigenvalue weighted by Gasteiger charge is -2.01. The van der Waals surface area contributed by atoms with Gasteiger partial charge < -0.3 is 4.57 Å². The lowest BCUT2D eigenvalue weighted by molar-refractivity contribution is -0.385. The van der Waals surface area contributed by atoms with Crippen LogP contribution in [0.25, 0.3) is 0 Å². The van der Waals surface area contributed by atoms with Crippen LogP contribution in [-0.2, 0) is 7.05 Å². The molecule has 0 aliphatic carbocycles. The molecule has 0 atom stereocenters. The maximum absolute atomic E-state index is 10.7. The van der Waals surface area contributed by atoms with Gasteiger partial charge in [0.1, 0.15) is 11.1 Å². The van der Waals surface area contributed by atoms with Gasteiger partial charge in [0.25, 0.3) is 0 Å². The maximum Gasteiger partial charge on any atom is 0.305 e. The lowest BCUT2D eigenvalue weighted by atomic mass is 10.3. The number of aromatic nitrogens is 3. The molecule has 0 N–H and O–H groups in total. The van der Waals surface area contributed by atoms with Gasteiger partial charge in [-0.25, -0.2) is 9.97 Å². The van der Waals surface area contributed by atoms with Crippen molar-refractivity contribution >= 4 is 17.4 Å².